The van der Waals surface area contributed by atoms with Crippen LogP contribution in [0.3, 0.4) is 0 Å². The largest absolute Gasteiger partial charge is 0.452 e. The smallest absolute Gasteiger partial charge is 0.341 e. The van der Waals surface area contributed by atoms with E-state index >= 15 is 0 Å². The highest BCUT2D eigenvalue weighted by Crippen LogP contribution is 2.15. The van der Waals surface area contributed by atoms with Crippen LogP contribution in [0.15, 0.2) is 47.1 Å². The quantitative estimate of drug-likeness (QED) is 0.637. The summed E-state index contributed by atoms with van der Waals surface area (Å²) in [5.41, 5.74) is 1.06. The predicted octanol–water partition coefficient (Wildman–Crippen LogP) is 2.97. The van der Waals surface area contributed by atoms with Crippen molar-refractivity contribution >= 4 is 39.4 Å². The van der Waals surface area contributed by atoms with Gasteiger partial charge >= 0.3 is 5.97 Å². The second-order valence-electron chi connectivity index (χ2n) is 4.29. The molecule has 22 heavy (non-hydrogen) atoms. The van der Waals surface area contributed by atoms with Crippen molar-refractivity contribution in [3.05, 3.63) is 63.3 Å². The van der Waals surface area contributed by atoms with Crippen LogP contribution in [0, 0.1) is 0 Å². The highest BCUT2D eigenvalue weighted by Gasteiger charge is 2.14. The number of hydrogen-bond donors (Lipinski definition) is 1. The Labute approximate surface area is 140 Å². The lowest BCUT2D eigenvalue weighted by Gasteiger charge is -2.08. The number of esters is 1. The maximum atomic E-state index is 11.8. The highest BCUT2D eigenvalue weighted by molar-refractivity contribution is 9.10. The molecule has 2 aromatic rings. The monoisotopic (exact) mass is 382 g/mol. The van der Waals surface area contributed by atoms with Crippen LogP contribution in [0.25, 0.3) is 0 Å². The van der Waals surface area contributed by atoms with Crippen LogP contribution in [0.5, 0.6) is 0 Å². The molecule has 0 fully saturated rings. The number of benzene rings is 1. The fourth-order valence-electron chi connectivity index (χ4n) is 1.63. The molecule has 0 spiro atoms. The van der Waals surface area contributed by atoms with Crippen molar-refractivity contribution < 1.29 is 14.3 Å². The number of nitrogens with one attached hydrogen (secondary N) is 1. The van der Waals surface area contributed by atoms with Crippen molar-refractivity contribution in [1.82, 2.24) is 10.3 Å². The minimum atomic E-state index is -0.686. The Morgan fingerprint density at radius 1 is 1.23 bits per heavy atom. The zero-order valence-electron chi connectivity index (χ0n) is 11.4. The Balaban J connectivity index is 1.82. The summed E-state index contributed by atoms with van der Waals surface area (Å²) in [6, 6.07) is 10.6. The average Bonchev–Trinajstić information content (AvgIpc) is 2.52. The van der Waals surface area contributed by atoms with E-state index in [-0.39, 0.29) is 17.3 Å². The van der Waals surface area contributed by atoms with E-state index in [1.807, 2.05) is 24.3 Å². The molecule has 1 amide bonds. The number of nitrogens with zero attached hydrogens (tertiary/aromatic N) is 1. The van der Waals surface area contributed by atoms with E-state index in [1.54, 1.807) is 6.07 Å². The molecule has 0 aliphatic carbocycles. The maximum Gasteiger partial charge on any atom is 0.341 e. The molecule has 0 aliphatic heterocycles. The van der Waals surface area contributed by atoms with Crippen molar-refractivity contribution in [1.29, 1.82) is 0 Å². The minimum Gasteiger partial charge on any atom is -0.452 e. The second-order valence-corrected chi connectivity index (χ2v) is 5.50. The third kappa shape index (κ3) is 4.54. The van der Waals surface area contributed by atoms with Crippen molar-refractivity contribution in [2.24, 2.45) is 0 Å². The summed E-state index contributed by atoms with van der Waals surface area (Å²) in [6.07, 6.45) is 1.46. The first-order valence-corrected chi connectivity index (χ1v) is 7.53. The zero-order chi connectivity index (χ0) is 15.9. The molecule has 114 valence electrons. The lowest BCUT2D eigenvalue weighted by atomic mass is 10.2. The topological polar surface area (TPSA) is 68.3 Å². The maximum absolute atomic E-state index is 11.8. The van der Waals surface area contributed by atoms with E-state index in [1.165, 1.54) is 12.3 Å². The van der Waals surface area contributed by atoms with Crippen LogP contribution in [0.1, 0.15) is 15.9 Å². The number of rotatable bonds is 5. The molecule has 5 nitrogen and oxygen atoms in total. The summed E-state index contributed by atoms with van der Waals surface area (Å²) in [5.74, 6) is -1.08. The third-order valence-corrected chi connectivity index (χ3v) is 3.82. The minimum absolute atomic E-state index is 0.0427. The predicted molar refractivity (Wildman–Crippen MR) is 85.5 cm³/mol. The van der Waals surface area contributed by atoms with Crippen LogP contribution < -0.4 is 5.32 Å². The Morgan fingerprint density at radius 2 is 2.00 bits per heavy atom. The molecular formula is C15H12BrClN2O3. The Kier molecular flexibility index (Phi) is 5.91. The molecule has 0 unspecified atom stereocenters. The standard InChI is InChI=1S/C15H12BrClN2O3/c16-12-6-2-1-4-10(12)8-19-13(20)9-22-15(21)11-5-3-7-18-14(11)17/h1-7H,8-9H2,(H,19,20). The number of carbonyl (C=O) groups is 2. The second kappa shape index (κ2) is 7.91. The first kappa shape index (κ1) is 16.5. The lowest BCUT2D eigenvalue weighted by Crippen LogP contribution is -2.28. The van der Waals surface area contributed by atoms with E-state index in [0.29, 0.717) is 6.54 Å². The van der Waals surface area contributed by atoms with Crippen LogP contribution >= 0.6 is 27.5 Å². The van der Waals surface area contributed by atoms with Gasteiger partial charge in [-0.15, -0.1) is 0 Å². The first-order chi connectivity index (χ1) is 10.6. The fourth-order valence-corrected chi connectivity index (χ4v) is 2.26. The number of pyridine rings is 1. The van der Waals surface area contributed by atoms with Crippen LogP contribution in [0.4, 0.5) is 0 Å². The third-order valence-electron chi connectivity index (χ3n) is 2.75. The summed E-state index contributed by atoms with van der Waals surface area (Å²) < 4.78 is 5.80. The Hall–Kier alpha value is -1.92. The number of carbonyl (C=O) groups excluding carboxylic acids is 2. The van der Waals surface area contributed by atoms with Crippen molar-refractivity contribution in [3.8, 4) is 0 Å². The normalized spacial score (nSPS) is 10.1. The van der Waals surface area contributed by atoms with E-state index < -0.39 is 11.9 Å². The SMILES string of the molecule is O=C(COC(=O)c1cccnc1Cl)NCc1ccccc1Br. The highest BCUT2D eigenvalue weighted by atomic mass is 79.9. The molecule has 1 aromatic heterocycles. The van der Waals surface area contributed by atoms with Gasteiger partial charge in [0.05, 0.1) is 5.56 Å². The molecule has 0 aliphatic rings. The van der Waals surface area contributed by atoms with E-state index in [2.05, 4.69) is 26.2 Å². The van der Waals surface area contributed by atoms with Gasteiger partial charge < -0.3 is 10.1 Å². The summed E-state index contributed by atoms with van der Waals surface area (Å²) >= 11 is 9.16. The molecule has 1 aromatic carbocycles. The average molecular weight is 384 g/mol. The molecule has 0 saturated carbocycles. The van der Waals surface area contributed by atoms with Gasteiger partial charge in [0.25, 0.3) is 5.91 Å². The van der Waals surface area contributed by atoms with Crippen LogP contribution in [-0.4, -0.2) is 23.5 Å². The Morgan fingerprint density at radius 3 is 2.73 bits per heavy atom. The molecular weight excluding hydrogens is 372 g/mol. The van der Waals surface area contributed by atoms with Gasteiger partial charge in [-0.1, -0.05) is 45.7 Å². The van der Waals surface area contributed by atoms with Crippen LogP contribution in [-0.2, 0) is 16.1 Å². The molecule has 2 rings (SSSR count). The summed E-state index contributed by atoms with van der Waals surface area (Å²) in [4.78, 5) is 27.2. The van der Waals surface area contributed by atoms with Crippen LogP contribution in [0.2, 0.25) is 5.15 Å². The molecule has 0 bridgehead atoms. The van der Waals surface area contributed by atoms with Gasteiger partial charge in [-0.3, -0.25) is 4.79 Å². The van der Waals surface area contributed by atoms with Gasteiger partial charge in [-0.05, 0) is 23.8 Å². The summed E-state index contributed by atoms with van der Waals surface area (Å²) in [6.45, 7) is -0.0417. The van der Waals surface area contributed by atoms with Gasteiger partial charge in [0.2, 0.25) is 0 Å². The fraction of sp³-hybridized carbons (Fsp3) is 0.133. The van der Waals surface area contributed by atoms with Gasteiger partial charge in [-0.2, -0.15) is 0 Å². The van der Waals surface area contributed by atoms with E-state index in [4.69, 9.17) is 16.3 Å². The lowest BCUT2D eigenvalue weighted by molar-refractivity contribution is -0.124. The van der Waals surface area contributed by atoms with Crippen molar-refractivity contribution in [2.45, 2.75) is 6.54 Å². The van der Waals surface area contributed by atoms with Gasteiger partial charge in [0, 0.05) is 17.2 Å². The number of amides is 1. The molecule has 1 N–H and O–H groups in total. The summed E-state index contributed by atoms with van der Waals surface area (Å²) in [7, 11) is 0. The number of ether oxygens (including phenoxy) is 1. The van der Waals surface area contributed by atoms with E-state index in [9.17, 15) is 9.59 Å². The number of hydrogen-bond acceptors (Lipinski definition) is 4. The molecule has 1 heterocycles. The van der Waals surface area contributed by atoms with E-state index in [0.717, 1.165) is 10.0 Å². The number of halogens is 2. The molecule has 0 radical (unpaired) electrons. The number of aromatic nitrogens is 1. The van der Waals surface area contributed by atoms with Gasteiger partial charge in [0.15, 0.2) is 6.61 Å². The first-order valence-electron chi connectivity index (χ1n) is 6.35. The van der Waals surface area contributed by atoms with Crippen molar-refractivity contribution in [3.63, 3.8) is 0 Å². The van der Waals surface area contributed by atoms with Gasteiger partial charge in [0.1, 0.15) is 5.15 Å². The molecule has 7 heteroatoms. The molecule has 0 atom stereocenters. The molecule has 0 saturated heterocycles. The summed E-state index contributed by atoms with van der Waals surface area (Å²) in [5, 5.41) is 2.71. The zero-order valence-corrected chi connectivity index (χ0v) is 13.7. The Bertz CT molecular complexity index is 694. The van der Waals surface area contributed by atoms with Gasteiger partial charge in [-0.25, -0.2) is 9.78 Å². The van der Waals surface area contributed by atoms with Crippen molar-refractivity contribution in [2.75, 3.05) is 6.61 Å².